The molecule has 6 nitrogen and oxygen atoms in total. The Bertz CT molecular complexity index is 1240. The number of carbonyl (C=O) groups is 1. The Hall–Kier alpha value is -1.81. The van der Waals surface area contributed by atoms with E-state index in [4.69, 9.17) is 5.11 Å². The van der Waals surface area contributed by atoms with Crippen molar-refractivity contribution in [2.45, 2.75) is 6.92 Å². The van der Waals surface area contributed by atoms with Gasteiger partial charge in [0.1, 0.15) is 11.6 Å². The van der Waals surface area contributed by atoms with Crippen LogP contribution in [0.2, 0.25) is 0 Å². The minimum absolute atomic E-state index is 0. The van der Waals surface area contributed by atoms with Gasteiger partial charge < -0.3 is 10.2 Å². The average Bonchev–Trinajstić information content (AvgIpc) is 2.98. The number of nitrogens with zero attached hydrogens (tertiary/aromatic N) is 3. The second-order valence-electron chi connectivity index (χ2n) is 6.20. The summed E-state index contributed by atoms with van der Waals surface area (Å²) in [5.74, 6) is -2.75. The molecule has 30 heavy (non-hydrogen) atoms. The molecule has 0 aliphatic carbocycles. The molecule has 10 heteroatoms. The molecule has 0 fully saturated rings. The second-order valence-corrected chi connectivity index (χ2v) is 6.20. The van der Waals surface area contributed by atoms with E-state index in [0.717, 1.165) is 12.1 Å². The molecule has 0 atom stereocenters. The van der Waals surface area contributed by atoms with Crippen LogP contribution in [0.25, 0.3) is 28.0 Å². The van der Waals surface area contributed by atoms with Crippen molar-refractivity contribution in [3.8, 4) is 28.3 Å². The van der Waals surface area contributed by atoms with Crippen LogP contribution in [-0.2, 0) is 0 Å². The van der Waals surface area contributed by atoms with E-state index in [1.54, 1.807) is 19.1 Å². The Balaban J connectivity index is 0.00000160. The van der Waals surface area contributed by atoms with E-state index >= 15 is 0 Å². The molecule has 2 aromatic heterocycles. The number of halogens is 2. The molecule has 2 heterocycles. The molecule has 0 aliphatic rings. The first kappa shape index (κ1) is 24.5. The van der Waals surface area contributed by atoms with Gasteiger partial charge in [-0.3, -0.25) is 0 Å². The SMILES string of the molecule is Cc1nn2c(O)cc(-c3ccc(C(=O)O)cc3)nc2c1-c1ccc(F)cc1F.[NaH].[NaH]. The van der Waals surface area contributed by atoms with Gasteiger partial charge in [0.05, 0.1) is 22.5 Å². The zero-order chi connectivity index (χ0) is 20.0. The van der Waals surface area contributed by atoms with Crippen molar-refractivity contribution in [1.82, 2.24) is 14.6 Å². The summed E-state index contributed by atoms with van der Waals surface area (Å²) in [5, 5.41) is 23.6. The van der Waals surface area contributed by atoms with Gasteiger partial charge in [0, 0.05) is 23.3 Å². The van der Waals surface area contributed by atoms with E-state index < -0.39 is 17.6 Å². The van der Waals surface area contributed by atoms with Crippen LogP contribution in [0.3, 0.4) is 0 Å². The molecule has 0 radical (unpaired) electrons. The van der Waals surface area contributed by atoms with Crippen LogP contribution in [0.5, 0.6) is 5.88 Å². The first-order valence-corrected chi connectivity index (χ1v) is 8.23. The Morgan fingerprint density at radius 3 is 2.30 bits per heavy atom. The van der Waals surface area contributed by atoms with E-state index in [2.05, 4.69) is 10.1 Å². The van der Waals surface area contributed by atoms with Crippen LogP contribution in [0.15, 0.2) is 48.5 Å². The maximum atomic E-state index is 14.3. The van der Waals surface area contributed by atoms with E-state index in [1.165, 1.54) is 28.8 Å². The van der Waals surface area contributed by atoms with E-state index in [9.17, 15) is 18.7 Å². The molecular formula is C20H15F2N3Na2O3. The van der Waals surface area contributed by atoms with Crippen LogP contribution in [0.1, 0.15) is 16.1 Å². The molecular weight excluding hydrogens is 414 g/mol. The zero-order valence-corrected chi connectivity index (χ0v) is 14.5. The number of hydrogen-bond acceptors (Lipinski definition) is 4. The van der Waals surface area contributed by atoms with Crippen LogP contribution >= 0.6 is 0 Å². The fourth-order valence-electron chi connectivity index (χ4n) is 3.05. The monoisotopic (exact) mass is 429 g/mol. The normalized spacial score (nSPS) is 10.4. The van der Waals surface area contributed by atoms with Gasteiger partial charge in [-0.1, -0.05) is 12.1 Å². The van der Waals surface area contributed by atoms with E-state index in [1.807, 2.05) is 0 Å². The number of aromatic hydroxyl groups is 1. The molecule has 0 aliphatic heterocycles. The number of hydrogen-bond donors (Lipinski definition) is 2. The molecule has 0 unspecified atom stereocenters. The van der Waals surface area contributed by atoms with Crippen LogP contribution in [-0.4, -0.2) is 89.9 Å². The predicted octanol–water partition coefficient (Wildman–Crippen LogP) is 2.76. The minimum atomic E-state index is -1.06. The standard InChI is InChI=1S/C20H13F2N3O3.2Na.2H/c1-10-18(14-7-6-13(21)8-15(14)22)19-23-16(9-17(26)25(19)24-10)11-2-4-12(5-3-11)20(27)28;;;;/h2-9,26H,1H3,(H,27,28);;;;. The average molecular weight is 429 g/mol. The molecule has 4 aromatic rings. The van der Waals surface area contributed by atoms with Gasteiger partial charge in [-0.15, -0.1) is 0 Å². The van der Waals surface area contributed by atoms with Crippen molar-refractivity contribution < 1.29 is 23.8 Å². The summed E-state index contributed by atoms with van der Waals surface area (Å²) >= 11 is 0. The van der Waals surface area contributed by atoms with Gasteiger partial charge in [-0.2, -0.15) is 9.61 Å². The second kappa shape index (κ2) is 9.55. The van der Waals surface area contributed by atoms with Crippen LogP contribution < -0.4 is 0 Å². The number of aromatic carboxylic acids is 1. The van der Waals surface area contributed by atoms with E-state index in [0.29, 0.717) is 22.5 Å². The summed E-state index contributed by atoms with van der Waals surface area (Å²) in [4.78, 5) is 15.5. The third-order valence-corrected chi connectivity index (χ3v) is 4.37. The molecule has 2 aromatic carbocycles. The third-order valence-electron chi connectivity index (χ3n) is 4.37. The summed E-state index contributed by atoms with van der Waals surface area (Å²) in [7, 11) is 0. The van der Waals surface area contributed by atoms with Crippen molar-refractivity contribution in [3.63, 3.8) is 0 Å². The Kier molecular flexibility index (Phi) is 7.79. The quantitative estimate of drug-likeness (QED) is 0.489. The molecule has 0 spiro atoms. The van der Waals surface area contributed by atoms with Crippen molar-refractivity contribution in [1.29, 1.82) is 0 Å². The van der Waals surface area contributed by atoms with Crippen molar-refractivity contribution in [3.05, 3.63) is 71.4 Å². The van der Waals surface area contributed by atoms with Gasteiger partial charge in [-0.05, 0) is 31.2 Å². The Labute approximate surface area is 214 Å². The predicted molar refractivity (Wildman–Crippen MR) is 111 cm³/mol. The van der Waals surface area contributed by atoms with Crippen molar-refractivity contribution >= 4 is 70.7 Å². The molecule has 4 rings (SSSR count). The number of aromatic nitrogens is 3. The Morgan fingerprint density at radius 2 is 1.70 bits per heavy atom. The van der Waals surface area contributed by atoms with Gasteiger partial charge in [0.2, 0.25) is 5.88 Å². The fourth-order valence-corrected chi connectivity index (χ4v) is 3.05. The first-order valence-electron chi connectivity index (χ1n) is 8.23. The summed E-state index contributed by atoms with van der Waals surface area (Å²) < 4.78 is 28.8. The van der Waals surface area contributed by atoms with Gasteiger partial charge >= 0.3 is 65.1 Å². The summed E-state index contributed by atoms with van der Waals surface area (Å²) in [6.45, 7) is 1.63. The molecule has 2 N–H and O–H groups in total. The molecule has 0 bridgehead atoms. The van der Waals surface area contributed by atoms with Gasteiger partial charge in [0.15, 0.2) is 5.65 Å². The number of aryl methyl sites for hydroxylation is 1. The summed E-state index contributed by atoms with van der Waals surface area (Å²) in [6, 6.07) is 10.5. The topological polar surface area (TPSA) is 87.7 Å². The van der Waals surface area contributed by atoms with Gasteiger partial charge in [-0.25, -0.2) is 18.6 Å². The third kappa shape index (κ3) is 4.44. The van der Waals surface area contributed by atoms with Crippen molar-refractivity contribution in [2.24, 2.45) is 0 Å². The molecule has 0 amide bonds. The number of rotatable bonds is 3. The number of carboxylic acid groups (broad SMARTS) is 1. The van der Waals surface area contributed by atoms with Crippen LogP contribution in [0.4, 0.5) is 8.78 Å². The molecule has 0 saturated heterocycles. The van der Waals surface area contributed by atoms with Crippen LogP contribution in [0, 0.1) is 18.6 Å². The summed E-state index contributed by atoms with van der Waals surface area (Å²) in [5.41, 5.74) is 2.07. The number of carboxylic acids is 1. The maximum absolute atomic E-state index is 14.3. The molecule has 0 saturated carbocycles. The summed E-state index contributed by atoms with van der Waals surface area (Å²) in [6.07, 6.45) is 0. The van der Waals surface area contributed by atoms with E-state index in [-0.39, 0.29) is 81.8 Å². The van der Waals surface area contributed by atoms with Gasteiger partial charge in [0.25, 0.3) is 0 Å². The number of fused-ring (bicyclic) bond motifs is 1. The Morgan fingerprint density at radius 1 is 1.03 bits per heavy atom. The number of benzene rings is 2. The molecule has 144 valence electrons. The van der Waals surface area contributed by atoms with Crippen molar-refractivity contribution in [2.75, 3.05) is 0 Å². The first-order chi connectivity index (χ1) is 13.3. The zero-order valence-electron chi connectivity index (χ0n) is 14.5. The fraction of sp³-hybridized carbons (Fsp3) is 0.0500.